The Labute approximate surface area is 118 Å². The van der Waals surface area contributed by atoms with E-state index in [0.29, 0.717) is 17.3 Å². The van der Waals surface area contributed by atoms with Gasteiger partial charge in [-0.3, -0.25) is 0 Å². The van der Waals surface area contributed by atoms with E-state index in [-0.39, 0.29) is 6.10 Å². The van der Waals surface area contributed by atoms with E-state index in [0.717, 1.165) is 37.2 Å². The zero-order valence-electron chi connectivity index (χ0n) is 11.1. The third-order valence-electron chi connectivity index (χ3n) is 3.19. The van der Waals surface area contributed by atoms with Gasteiger partial charge in [-0.2, -0.15) is 0 Å². The second-order valence-corrected chi connectivity index (χ2v) is 4.96. The van der Waals surface area contributed by atoms with Crippen molar-refractivity contribution in [2.24, 2.45) is 5.73 Å². The summed E-state index contributed by atoms with van der Waals surface area (Å²) in [6, 6.07) is 5.77. The van der Waals surface area contributed by atoms with Gasteiger partial charge in [0.2, 0.25) is 0 Å². The lowest BCUT2D eigenvalue weighted by Gasteiger charge is -2.22. The van der Waals surface area contributed by atoms with Gasteiger partial charge in [0.15, 0.2) is 0 Å². The van der Waals surface area contributed by atoms with E-state index in [4.69, 9.17) is 32.2 Å². The van der Waals surface area contributed by atoms with E-state index in [1.165, 1.54) is 0 Å². The largest absolute Gasteiger partial charge is 0.496 e. The molecule has 104 valence electrons. The lowest BCUT2D eigenvalue weighted by Crippen LogP contribution is -2.23. The number of hydrogen-bond donors (Lipinski definition) is 1. The monoisotopic (exact) mass is 281 g/mol. The minimum Gasteiger partial charge on any atom is -0.496 e. The molecule has 2 rings (SSSR count). The Morgan fingerprint density at radius 3 is 2.79 bits per heavy atom. The minimum atomic E-state index is 0.287. The maximum atomic E-state index is 5.87. The average molecular weight is 281 g/mol. The third-order valence-corrected chi connectivity index (χ3v) is 3.41. The minimum absolute atomic E-state index is 0.287. The van der Waals surface area contributed by atoms with Crippen molar-refractivity contribution in [2.75, 3.05) is 20.3 Å². The van der Waals surface area contributed by atoms with Crippen LogP contribution in [0.3, 0.4) is 0 Å². The molecule has 1 aromatic carbocycles. The van der Waals surface area contributed by atoms with Crippen molar-refractivity contribution in [1.82, 2.24) is 0 Å². The molecule has 0 amide bonds. The summed E-state index contributed by atoms with van der Waals surface area (Å²) in [5.41, 5.74) is 7.45. The van der Waals surface area contributed by atoms with Gasteiger partial charge < -0.3 is 19.9 Å². The van der Waals surface area contributed by atoms with Crippen molar-refractivity contribution in [3.8, 4) is 5.75 Å². The molecular weight excluding hydrogens is 262 g/mol. The zero-order chi connectivity index (χ0) is 13.7. The Balaban J connectivity index is 1.98. The standard InChI is InChI=1S/C14H19NO3S/c1-16-13-8-10(2-3-12(13)14(15)19)9-18-11-4-6-17-7-5-11/h2-3,8,11H,4-7,9H2,1H3,(H2,15,19). The first-order valence-corrected chi connectivity index (χ1v) is 6.77. The quantitative estimate of drug-likeness (QED) is 0.837. The van der Waals surface area contributed by atoms with Gasteiger partial charge >= 0.3 is 0 Å². The fraction of sp³-hybridized carbons (Fsp3) is 0.500. The Bertz CT molecular complexity index is 444. The van der Waals surface area contributed by atoms with Crippen LogP contribution >= 0.6 is 12.2 Å². The molecule has 2 N–H and O–H groups in total. The molecule has 1 fully saturated rings. The van der Waals surface area contributed by atoms with Crippen molar-refractivity contribution >= 4 is 17.2 Å². The van der Waals surface area contributed by atoms with E-state index in [1.54, 1.807) is 7.11 Å². The lowest BCUT2D eigenvalue weighted by atomic mass is 10.1. The highest BCUT2D eigenvalue weighted by molar-refractivity contribution is 7.80. The molecule has 0 atom stereocenters. The fourth-order valence-electron chi connectivity index (χ4n) is 2.09. The predicted molar refractivity (Wildman–Crippen MR) is 77.5 cm³/mol. The van der Waals surface area contributed by atoms with Crippen molar-refractivity contribution in [2.45, 2.75) is 25.6 Å². The summed E-state index contributed by atoms with van der Waals surface area (Å²) in [6.45, 7) is 2.14. The van der Waals surface area contributed by atoms with Crippen LogP contribution in [0.1, 0.15) is 24.0 Å². The summed E-state index contributed by atoms with van der Waals surface area (Å²) in [7, 11) is 1.61. The normalized spacial score (nSPS) is 16.3. The summed E-state index contributed by atoms with van der Waals surface area (Å²) in [4.78, 5) is 0.341. The molecule has 0 saturated carbocycles. The van der Waals surface area contributed by atoms with Gasteiger partial charge in [0, 0.05) is 13.2 Å². The Kier molecular flexibility index (Phi) is 5.13. The van der Waals surface area contributed by atoms with Gasteiger partial charge in [-0.25, -0.2) is 0 Å². The van der Waals surface area contributed by atoms with Crippen molar-refractivity contribution in [1.29, 1.82) is 0 Å². The maximum absolute atomic E-state index is 5.87. The molecule has 5 heteroatoms. The molecule has 1 aliphatic rings. The van der Waals surface area contributed by atoms with Crippen molar-refractivity contribution in [3.63, 3.8) is 0 Å². The molecular formula is C14H19NO3S. The summed E-state index contributed by atoms with van der Waals surface area (Å²) in [5, 5.41) is 0. The first-order valence-electron chi connectivity index (χ1n) is 6.36. The van der Waals surface area contributed by atoms with Crippen LogP contribution in [0.2, 0.25) is 0 Å². The van der Waals surface area contributed by atoms with Gasteiger partial charge in [0.1, 0.15) is 10.7 Å². The number of benzene rings is 1. The van der Waals surface area contributed by atoms with Gasteiger partial charge in [-0.1, -0.05) is 18.3 Å². The van der Waals surface area contributed by atoms with E-state index in [9.17, 15) is 0 Å². The number of thiocarbonyl (C=S) groups is 1. The predicted octanol–water partition coefficient (Wildman–Crippen LogP) is 2.02. The van der Waals surface area contributed by atoms with Gasteiger partial charge in [-0.15, -0.1) is 0 Å². The third kappa shape index (κ3) is 3.89. The molecule has 4 nitrogen and oxygen atoms in total. The summed E-state index contributed by atoms with van der Waals surface area (Å²) in [5.74, 6) is 0.695. The number of methoxy groups -OCH3 is 1. The SMILES string of the molecule is COc1cc(COC2CCOCC2)ccc1C(N)=S. The van der Waals surface area contributed by atoms with Crippen molar-refractivity contribution < 1.29 is 14.2 Å². The fourth-order valence-corrected chi connectivity index (χ4v) is 2.25. The molecule has 1 aromatic rings. The summed E-state index contributed by atoms with van der Waals surface area (Å²) in [6.07, 6.45) is 2.21. The molecule has 0 radical (unpaired) electrons. The van der Waals surface area contributed by atoms with Gasteiger partial charge in [0.05, 0.1) is 25.4 Å². The van der Waals surface area contributed by atoms with Crippen LogP contribution in [-0.2, 0) is 16.1 Å². The van der Waals surface area contributed by atoms with Crippen LogP contribution in [-0.4, -0.2) is 31.4 Å². The molecule has 0 bridgehead atoms. The second-order valence-electron chi connectivity index (χ2n) is 4.52. The van der Waals surface area contributed by atoms with Crippen LogP contribution in [0, 0.1) is 0 Å². The lowest BCUT2D eigenvalue weighted by molar-refractivity contribution is -0.0391. The Hall–Kier alpha value is -1.17. The highest BCUT2D eigenvalue weighted by Gasteiger charge is 2.14. The number of hydrogen-bond acceptors (Lipinski definition) is 4. The molecule has 1 heterocycles. The number of nitrogens with two attached hydrogens (primary N) is 1. The topological polar surface area (TPSA) is 53.7 Å². The van der Waals surface area contributed by atoms with Gasteiger partial charge in [0.25, 0.3) is 0 Å². The first-order chi connectivity index (χ1) is 9.20. The number of rotatable bonds is 5. The second kappa shape index (κ2) is 6.84. The van der Waals surface area contributed by atoms with E-state index >= 15 is 0 Å². The van der Waals surface area contributed by atoms with Crippen LogP contribution in [0.25, 0.3) is 0 Å². The number of ether oxygens (including phenoxy) is 3. The van der Waals surface area contributed by atoms with Crippen LogP contribution < -0.4 is 10.5 Å². The summed E-state index contributed by atoms with van der Waals surface area (Å²) >= 11 is 4.98. The zero-order valence-corrected chi connectivity index (χ0v) is 11.9. The molecule has 0 aromatic heterocycles. The smallest absolute Gasteiger partial charge is 0.129 e. The molecule has 0 aliphatic carbocycles. The van der Waals surface area contributed by atoms with E-state index < -0.39 is 0 Å². The maximum Gasteiger partial charge on any atom is 0.129 e. The molecule has 1 aliphatic heterocycles. The van der Waals surface area contributed by atoms with Crippen molar-refractivity contribution in [3.05, 3.63) is 29.3 Å². The Morgan fingerprint density at radius 2 is 2.16 bits per heavy atom. The highest BCUT2D eigenvalue weighted by atomic mass is 32.1. The molecule has 19 heavy (non-hydrogen) atoms. The van der Waals surface area contributed by atoms with E-state index in [2.05, 4.69) is 0 Å². The average Bonchev–Trinajstić information content (AvgIpc) is 2.45. The molecule has 1 saturated heterocycles. The van der Waals surface area contributed by atoms with Crippen LogP contribution in [0.4, 0.5) is 0 Å². The Morgan fingerprint density at radius 1 is 1.42 bits per heavy atom. The van der Waals surface area contributed by atoms with E-state index in [1.807, 2.05) is 18.2 Å². The van der Waals surface area contributed by atoms with Crippen LogP contribution in [0.5, 0.6) is 5.75 Å². The molecule has 0 spiro atoms. The highest BCUT2D eigenvalue weighted by Crippen LogP contribution is 2.21. The summed E-state index contributed by atoms with van der Waals surface area (Å²) < 4.78 is 16.5. The first kappa shape index (κ1) is 14.2. The van der Waals surface area contributed by atoms with Crippen LogP contribution in [0.15, 0.2) is 18.2 Å². The van der Waals surface area contributed by atoms with Gasteiger partial charge in [-0.05, 0) is 30.5 Å². The molecule has 0 unspecified atom stereocenters.